The molecule has 93 heavy (non-hydrogen) atoms. The summed E-state index contributed by atoms with van der Waals surface area (Å²) in [4.78, 5) is 31.0. The predicted molar refractivity (Wildman–Crippen MR) is 350 cm³/mol. The smallest absolute Gasteiger partial charge is 0.331 e. The SMILES string of the molecule is CN[C@@H]1Cc2c(cccc2CO)C#CC2(CCCC2)C[C@]23CC[C@H]4[C@@](O)([C@@H](O)[C@H]5C[C@H]6[C@@H]7CC=C[C@@H]6C[C@H]6[C@H]8O[C@@H](Cc9cccc(c9)C[C@H]9CC[C@@H]7C9)[C@@H]7CC[C@@]9%10CC[C@H](c%11ccccc%11)C[C@@H]9C[C@@H]7[C@@]8%10C[C@@]4(C=O)[C@]56O)[C@@]2(O)C[C@H]2C[C@H]1[C@@H]1OC(=O)C=C1[C@@]23CO. The van der Waals surface area contributed by atoms with E-state index >= 15 is 20.1 Å². The number of aliphatic hydroxyl groups is 6. The van der Waals surface area contributed by atoms with Gasteiger partial charge < -0.3 is 50.2 Å². The maximum Gasteiger partial charge on any atom is 0.331 e. The van der Waals surface area contributed by atoms with E-state index in [1.54, 1.807) is 6.08 Å². The fourth-order valence-electron chi connectivity index (χ4n) is 29.8. The standard InChI is InChI=1S/C82H99NO10/c1-83-67-39-60-51(14-8-16-55(60)42-84)20-26-74(24-5-6-25-74)43-77-29-23-69-76(45-85)44-78-63-37-56-34-52(50-12-3-2-4-13-50)21-27-75(56,78)28-22-59(63)68-33-48-11-7-10-47(30-48)31-49-18-19-54(32-49)58-17-9-15-53-35-66(73(78)92-68)81(76,90)65(38-61(53)58)72(88)82(69,91)80(77,89)41-57-36-62(67)71-64(40-70(87)93-71)79(57,77)46-86/h2-4,7-16,30,40,45,49,52-54,56-59,61-63,65-69,71-73,83-84,86,88-91H,5-6,17-19,21-25,27-29,31-39,41-44,46H2,1H3/t49-,52+,53-,54-,56-,57-,58-,59-,61-,62-,63+,65-,66+,67-,68+,69-,71+,72+,73-,75+,76+,77+,78+,79-,80-,81+,82-/m1/s1. The van der Waals surface area contributed by atoms with Crippen molar-refractivity contribution in [3.8, 4) is 11.8 Å². The molecule has 7 N–H and O–H groups in total. The number of likely N-dealkylation sites (N-methyl/N-ethyl adjacent to an activating group) is 1. The van der Waals surface area contributed by atoms with Crippen LogP contribution in [-0.2, 0) is 44.9 Å². The molecule has 11 nitrogen and oxygen atoms in total. The number of esters is 1. The molecule has 0 aromatic heterocycles. The Morgan fingerprint density at radius 3 is 2.37 bits per heavy atom. The first-order valence-corrected chi connectivity index (χ1v) is 37.3. The molecule has 12 fully saturated rings. The van der Waals surface area contributed by atoms with Crippen molar-refractivity contribution in [1.82, 2.24) is 5.32 Å². The zero-order valence-corrected chi connectivity index (χ0v) is 54.6. The Morgan fingerprint density at radius 1 is 0.742 bits per heavy atom. The van der Waals surface area contributed by atoms with Crippen molar-refractivity contribution < 1.29 is 49.7 Å². The number of ether oxygens (including phenoxy) is 2. The van der Waals surface area contributed by atoms with Gasteiger partial charge in [-0.15, -0.1) is 0 Å². The van der Waals surface area contributed by atoms with Gasteiger partial charge in [0.25, 0.3) is 0 Å². The van der Waals surface area contributed by atoms with Crippen LogP contribution in [0.4, 0.5) is 0 Å². The maximum atomic E-state index is 16.5. The molecule has 0 amide bonds. The van der Waals surface area contributed by atoms with Crippen molar-refractivity contribution in [2.24, 2.45) is 109 Å². The number of hydrogen-bond donors (Lipinski definition) is 7. The minimum atomic E-state index is -2.38. The van der Waals surface area contributed by atoms with Gasteiger partial charge in [0.15, 0.2) is 0 Å². The molecule has 492 valence electrons. The van der Waals surface area contributed by atoms with E-state index in [0.717, 1.165) is 126 Å². The minimum absolute atomic E-state index is 0.0199. The van der Waals surface area contributed by atoms with E-state index in [9.17, 15) is 20.1 Å². The lowest BCUT2D eigenvalue weighted by Crippen LogP contribution is -2.88. The molecule has 20 rings (SSSR count). The summed E-state index contributed by atoms with van der Waals surface area (Å²) >= 11 is 0. The molecule has 0 radical (unpaired) electrons. The summed E-state index contributed by atoms with van der Waals surface area (Å²) in [7, 11) is 1.94. The number of benzene rings is 3. The van der Waals surface area contributed by atoms with Crippen LogP contribution in [0.2, 0.25) is 0 Å². The summed E-state index contributed by atoms with van der Waals surface area (Å²) in [6.45, 7) is -0.570. The maximum absolute atomic E-state index is 16.5. The Hall–Kier alpha value is -4.48. The second-order valence-corrected chi connectivity index (χ2v) is 34.9. The second kappa shape index (κ2) is 20.6. The van der Waals surface area contributed by atoms with Crippen molar-refractivity contribution in [1.29, 1.82) is 0 Å². The highest BCUT2D eigenvalue weighted by Gasteiger charge is 2.92. The summed E-state index contributed by atoms with van der Waals surface area (Å²) < 4.78 is 15.0. The lowest BCUT2D eigenvalue weighted by Gasteiger charge is -2.78. The Labute approximate surface area is 549 Å². The van der Waals surface area contributed by atoms with Crippen molar-refractivity contribution in [3.63, 3.8) is 0 Å². The Kier molecular flexibility index (Phi) is 13.2. The number of fused-ring (bicyclic) bond motifs is 11. The Bertz CT molecular complexity index is 3700. The molecular formula is C82H99NO10. The molecular weight excluding hydrogens is 1160 g/mol. The summed E-state index contributed by atoms with van der Waals surface area (Å²) in [6, 6.07) is 26.3. The van der Waals surface area contributed by atoms with Gasteiger partial charge in [0.05, 0.1) is 42.5 Å². The van der Waals surface area contributed by atoms with Crippen molar-refractivity contribution >= 4 is 12.3 Å². The molecule has 3 heterocycles. The normalized spacial score (nSPS) is 50.9. The number of nitrogens with one attached hydrogen (secondary N) is 1. The van der Waals surface area contributed by atoms with E-state index in [4.69, 9.17) is 9.47 Å². The van der Waals surface area contributed by atoms with Gasteiger partial charge in [0, 0.05) is 63.0 Å². The van der Waals surface area contributed by atoms with E-state index in [0.29, 0.717) is 67.8 Å². The van der Waals surface area contributed by atoms with Gasteiger partial charge in [-0.3, -0.25) is 0 Å². The highest BCUT2D eigenvalue weighted by molar-refractivity contribution is 5.87. The predicted octanol–water partition coefficient (Wildman–Crippen LogP) is 10.9. The third kappa shape index (κ3) is 7.33. The largest absolute Gasteiger partial charge is 0.454 e. The van der Waals surface area contributed by atoms with Crippen LogP contribution < -0.4 is 5.32 Å². The van der Waals surface area contributed by atoms with E-state index in [1.165, 1.54) is 16.7 Å². The molecule has 27 atom stereocenters. The van der Waals surface area contributed by atoms with Gasteiger partial charge in [0.1, 0.15) is 23.6 Å². The van der Waals surface area contributed by atoms with E-state index < -0.39 is 98.4 Å². The number of rotatable bonds is 5. The van der Waals surface area contributed by atoms with E-state index in [-0.39, 0.29) is 78.9 Å². The lowest BCUT2D eigenvalue weighted by molar-refractivity contribution is -0.407. The molecule has 14 aliphatic carbocycles. The molecule has 17 aliphatic rings. The first-order valence-electron chi connectivity index (χ1n) is 37.3. The number of carbonyl (C=O) groups excluding carboxylic acids is 2. The van der Waals surface area contributed by atoms with Crippen molar-refractivity contribution in [2.45, 2.75) is 220 Å². The highest BCUT2D eigenvalue weighted by atomic mass is 16.5. The van der Waals surface area contributed by atoms with Crippen LogP contribution in [0.1, 0.15) is 181 Å². The lowest BCUT2D eigenvalue weighted by atomic mass is 9.29. The fourth-order valence-corrected chi connectivity index (χ4v) is 29.8. The molecule has 3 aromatic rings. The fraction of sp³-hybridized carbons (Fsp3) is 0.683. The number of allylic oxidation sites excluding steroid dienone is 2. The zero-order valence-electron chi connectivity index (χ0n) is 54.6. The van der Waals surface area contributed by atoms with Crippen LogP contribution in [0.5, 0.6) is 0 Å². The van der Waals surface area contributed by atoms with Gasteiger partial charge >= 0.3 is 5.97 Å². The number of aldehydes is 1. The molecule has 4 spiro atoms. The van der Waals surface area contributed by atoms with Crippen molar-refractivity contribution in [2.75, 3.05) is 13.7 Å². The summed E-state index contributed by atoms with van der Waals surface area (Å²) in [5.74, 6) is 6.22. The van der Waals surface area contributed by atoms with Crippen LogP contribution in [0.3, 0.4) is 0 Å². The molecule has 11 saturated carbocycles. The average Bonchev–Trinajstić information content (AvgIpc) is 1.58. The summed E-state index contributed by atoms with van der Waals surface area (Å²) in [5.41, 5.74) is -4.79. The number of aliphatic hydroxyl groups excluding tert-OH is 3. The van der Waals surface area contributed by atoms with Crippen LogP contribution in [0.15, 0.2) is 96.6 Å². The molecule has 11 heteroatoms. The highest BCUT2D eigenvalue weighted by Crippen LogP contribution is 2.87. The van der Waals surface area contributed by atoms with Gasteiger partial charge in [0.2, 0.25) is 0 Å². The summed E-state index contributed by atoms with van der Waals surface area (Å²) in [5, 5.41) is 90.3. The van der Waals surface area contributed by atoms with Crippen LogP contribution in [-0.4, -0.2) is 104 Å². The van der Waals surface area contributed by atoms with Crippen LogP contribution >= 0.6 is 0 Å². The third-order valence-electron chi connectivity index (χ3n) is 32.9. The molecule has 18 bridgehead atoms. The number of carbonyl (C=O) groups is 2. The zero-order chi connectivity index (χ0) is 63.0. The third-order valence-corrected chi connectivity index (χ3v) is 32.9. The van der Waals surface area contributed by atoms with Crippen molar-refractivity contribution in [3.05, 3.63) is 130 Å². The monoisotopic (exact) mass is 1260 g/mol. The minimum Gasteiger partial charge on any atom is -0.454 e. The second-order valence-electron chi connectivity index (χ2n) is 34.9. The first-order chi connectivity index (χ1) is 45.1. The van der Waals surface area contributed by atoms with E-state index in [2.05, 4.69) is 90.0 Å². The van der Waals surface area contributed by atoms with Gasteiger partial charge in [-0.05, 0) is 259 Å². The summed E-state index contributed by atoms with van der Waals surface area (Å²) in [6.07, 6.45) is 23.5. The average molecular weight is 1260 g/mol. The van der Waals surface area contributed by atoms with Crippen LogP contribution in [0.25, 0.3) is 0 Å². The molecule has 3 aromatic carbocycles. The Balaban J connectivity index is 0.850. The van der Waals surface area contributed by atoms with Gasteiger partial charge in [-0.2, -0.15) is 0 Å². The molecule has 0 unspecified atom stereocenters. The van der Waals surface area contributed by atoms with Gasteiger partial charge in [-0.25, -0.2) is 4.79 Å². The molecule has 3 aliphatic heterocycles. The topological polar surface area (TPSA) is 186 Å². The molecule has 1 saturated heterocycles. The number of hydrogen-bond acceptors (Lipinski definition) is 11. The van der Waals surface area contributed by atoms with Gasteiger partial charge in [-0.1, -0.05) is 104 Å². The van der Waals surface area contributed by atoms with E-state index in [1.807, 2.05) is 19.2 Å². The Morgan fingerprint density at radius 2 is 1.56 bits per heavy atom. The van der Waals surface area contributed by atoms with Crippen LogP contribution in [0, 0.1) is 121 Å². The quantitative estimate of drug-likeness (QED) is 0.0558. The first kappa shape index (κ1) is 59.8.